The van der Waals surface area contributed by atoms with Crippen LogP contribution in [0.1, 0.15) is 70.4 Å². The first kappa shape index (κ1) is 31.8. The smallest absolute Gasteiger partial charge is 0.246 e. The molecular formula is C33H45ClN4O4. The molecule has 0 radical (unpaired) electrons. The highest BCUT2D eigenvalue weighted by Crippen LogP contribution is 2.31. The van der Waals surface area contributed by atoms with Crippen molar-refractivity contribution < 1.29 is 19.1 Å². The van der Waals surface area contributed by atoms with Gasteiger partial charge in [0.15, 0.2) is 0 Å². The number of nitrogens with one attached hydrogen (secondary N) is 4. The van der Waals surface area contributed by atoms with Gasteiger partial charge in [-0.1, -0.05) is 75.0 Å². The molecule has 1 aliphatic heterocycles. The van der Waals surface area contributed by atoms with E-state index in [-0.39, 0.29) is 36.2 Å². The number of rotatable bonds is 4. The molecule has 8 nitrogen and oxygen atoms in total. The number of hydrogen-bond acceptors (Lipinski definition) is 5. The minimum Gasteiger partial charge on any atom is -0.489 e. The largest absolute Gasteiger partial charge is 0.489 e. The maximum Gasteiger partial charge on any atom is 0.246 e. The highest BCUT2D eigenvalue weighted by molar-refractivity contribution is 6.30. The number of para-hydroxylation sites is 1. The van der Waals surface area contributed by atoms with Crippen molar-refractivity contribution in [1.82, 2.24) is 21.3 Å². The van der Waals surface area contributed by atoms with E-state index in [0.29, 0.717) is 37.4 Å². The van der Waals surface area contributed by atoms with E-state index in [2.05, 4.69) is 28.2 Å². The van der Waals surface area contributed by atoms with Crippen molar-refractivity contribution >= 4 is 29.3 Å². The van der Waals surface area contributed by atoms with Crippen LogP contribution in [0.25, 0.3) is 0 Å². The average Bonchev–Trinajstić information content (AvgIpc) is 3.44. The first-order valence-corrected chi connectivity index (χ1v) is 15.7. The summed E-state index contributed by atoms with van der Waals surface area (Å²) in [7, 11) is 0. The summed E-state index contributed by atoms with van der Waals surface area (Å²) < 4.78 is 6.31. The van der Waals surface area contributed by atoms with Crippen LogP contribution in [0.15, 0.2) is 48.5 Å². The third-order valence-corrected chi connectivity index (χ3v) is 8.78. The second kappa shape index (κ2) is 14.9. The lowest BCUT2D eigenvalue weighted by Crippen LogP contribution is -2.64. The van der Waals surface area contributed by atoms with Gasteiger partial charge in [-0.05, 0) is 67.9 Å². The molecule has 0 saturated heterocycles. The molecule has 0 unspecified atom stereocenters. The Morgan fingerprint density at radius 2 is 1.79 bits per heavy atom. The minimum absolute atomic E-state index is 0.0398. The third-order valence-electron chi connectivity index (χ3n) is 8.55. The molecule has 42 heavy (non-hydrogen) atoms. The van der Waals surface area contributed by atoms with Gasteiger partial charge < -0.3 is 26.0 Å². The molecule has 1 saturated carbocycles. The number of aryl methyl sites for hydroxylation is 1. The molecule has 2 aromatic carbocycles. The lowest BCUT2D eigenvalue weighted by molar-refractivity contribution is -0.137. The summed E-state index contributed by atoms with van der Waals surface area (Å²) in [5, 5.41) is 13.2. The minimum atomic E-state index is -1.07. The van der Waals surface area contributed by atoms with Crippen LogP contribution in [-0.4, -0.2) is 54.5 Å². The quantitative estimate of drug-likeness (QED) is 0.420. The summed E-state index contributed by atoms with van der Waals surface area (Å²) >= 11 is 6.22. The molecule has 4 N–H and O–H groups in total. The summed E-state index contributed by atoms with van der Waals surface area (Å²) in [6, 6.07) is 13.9. The molecule has 1 aliphatic carbocycles. The molecule has 4 rings (SSSR count). The van der Waals surface area contributed by atoms with Gasteiger partial charge in [-0.3, -0.25) is 14.4 Å². The maximum absolute atomic E-state index is 14.0. The van der Waals surface area contributed by atoms with E-state index in [1.807, 2.05) is 50.2 Å². The number of benzene rings is 2. The van der Waals surface area contributed by atoms with E-state index in [0.717, 1.165) is 42.6 Å². The molecule has 0 bridgehead atoms. The molecular weight excluding hydrogens is 552 g/mol. The molecule has 1 fully saturated rings. The number of fused-ring (bicyclic) bond motifs is 1. The van der Waals surface area contributed by atoms with Crippen molar-refractivity contribution in [3.05, 3.63) is 64.7 Å². The molecule has 2 aromatic rings. The summed E-state index contributed by atoms with van der Waals surface area (Å²) in [5.74, 6) is 0.0649. The summed E-state index contributed by atoms with van der Waals surface area (Å²) in [5.41, 5.74) is 0.836. The van der Waals surface area contributed by atoms with Crippen LogP contribution in [0.2, 0.25) is 5.02 Å². The van der Waals surface area contributed by atoms with Crippen LogP contribution >= 0.6 is 11.6 Å². The SMILES string of the molecule is CC[C@H](C)[C@@H]1NC[C@@H](C)Oc2ccccc2CCCNC(=O)[C@H](Cc2cccc(Cl)c2)NC(=O)C2(CCCC2)NC1=O. The molecule has 9 heteroatoms. The van der Waals surface area contributed by atoms with Gasteiger partial charge in [-0.2, -0.15) is 0 Å². The summed E-state index contributed by atoms with van der Waals surface area (Å²) in [4.78, 5) is 41.3. The van der Waals surface area contributed by atoms with Crippen molar-refractivity contribution in [1.29, 1.82) is 0 Å². The van der Waals surface area contributed by atoms with Gasteiger partial charge in [0.05, 0.1) is 6.04 Å². The first-order valence-electron chi connectivity index (χ1n) is 15.3. The lowest BCUT2D eigenvalue weighted by atomic mass is 9.92. The van der Waals surface area contributed by atoms with Crippen LogP contribution < -0.4 is 26.0 Å². The Morgan fingerprint density at radius 1 is 1.02 bits per heavy atom. The van der Waals surface area contributed by atoms with Gasteiger partial charge >= 0.3 is 0 Å². The van der Waals surface area contributed by atoms with Crippen molar-refractivity contribution in [3.8, 4) is 5.75 Å². The van der Waals surface area contributed by atoms with Gasteiger partial charge in [0, 0.05) is 24.5 Å². The zero-order valence-corrected chi connectivity index (χ0v) is 25.8. The molecule has 4 atom stereocenters. The van der Waals surface area contributed by atoms with Gasteiger partial charge in [-0.15, -0.1) is 0 Å². The van der Waals surface area contributed by atoms with E-state index < -0.39 is 17.6 Å². The Hall–Kier alpha value is -3.10. The Kier molecular flexibility index (Phi) is 11.3. The zero-order valence-electron chi connectivity index (χ0n) is 25.0. The zero-order chi connectivity index (χ0) is 30.1. The molecule has 3 amide bonds. The predicted octanol–water partition coefficient (Wildman–Crippen LogP) is 4.33. The second-order valence-electron chi connectivity index (χ2n) is 11.8. The van der Waals surface area contributed by atoms with E-state index in [9.17, 15) is 14.4 Å². The number of carbonyl (C=O) groups is 3. The van der Waals surface area contributed by atoms with Crippen molar-refractivity contribution in [3.63, 3.8) is 0 Å². The van der Waals surface area contributed by atoms with Crippen LogP contribution in [-0.2, 0) is 27.2 Å². The van der Waals surface area contributed by atoms with E-state index in [1.165, 1.54) is 0 Å². The normalized spacial score (nSPS) is 24.8. The molecule has 228 valence electrons. The number of hydrogen-bond donors (Lipinski definition) is 4. The van der Waals surface area contributed by atoms with Crippen molar-refractivity contribution in [2.24, 2.45) is 5.92 Å². The number of halogens is 1. The van der Waals surface area contributed by atoms with Gasteiger partial charge in [0.2, 0.25) is 17.7 Å². The number of ether oxygens (including phenoxy) is 1. The van der Waals surface area contributed by atoms with Crippen molar-refractivity contribution in [2.75, 3.05) is 13.1 Å². The van der Waals surface area contributed by atoms with E-state index >= 15 is 0 Å². The predicted molar refractivity (Wildman–Crippen MR) is 166 cm³/mol. The van der Waals surface area contributed by atoms with Gasteiger partial charge in [0.1, 0.15) is 23.4 Å². The fourth-order valence-corrected chi connectivity index (χ4v) is 6.10. The molecule has 0 aromatic heterocycles. The standard InChI is InChI=1S/C33H45ClN4O4/c1-4-22(2)29-31(40)38-33(16-7-8-17-33)32(41)37-27(20-24-11-9-14-26(34)19-24)30(39)35-18-10-13-25-12-5-6-15-28(25)42-23(3)21-36-29/h5-6,9,11-12,14-15,19,22-23,27,29,36H,4,7-8,10,13,16-18,20-21H2,1-3H3,(H,35,39)(H,37,41)(H,38,40)/t22-,23+,27-,29-/m0/s1. The van der Waals surface area contributed by atoms with Crippen LogP contribution in [0.3, 0.4) is 0 Å². The molecule has 2 aliphatic rings. The summed E-state index contributed by atoms with van der Waals surface area (Å²) in [6.45, 7) is 7.01. The van der Waals surface area contributed by atoms with E-state index in [1.54, 1.807) is 12.1 Å². The van der Waals surface area contributed by atoms with E-state index in [4.69, 9.17) is 16.3 Å². The Labute approximate surface area is 254 Å². The Morgan fingerprint density at radius 3 is 2.52 bits per heavy atom. The van der Waals surface area contributed by atoms with Crippen LogP contribution in [0.5, 0.6) is 5.75 Å². The highest BCUT2D eigenvalue weighted by Gasteiger charge is 2.45. The average molecular weight is 597 g/mol. The number of carbonyl (C=O) groups excluding carboxylic acids is 3. The van der Waals surface area contributed by atoms with Crippen molar-refractivity contribution in [2.45, 2.75) is 95.9 Å². The third kappa shape index (κ3) is 8.26. The maximum atomic E-state index is 14.0. The van der Waals surface area contributed by atoms with Gasteiger partial charge in [-0.25, -0.2) is 0 Å². The molecule has 1 spiro atoms. The Balaban J connectivity index is 1.64. The fraction of sp³-hybridized carbons (Fsp3) is 0.545. The topological polar surface area (TPSA) is 109 Å². The van der Waals surface area contributed by atoms with Crippen LogP contribution in [0, 0.1) is 5.92 Å². The monoisotopic (exact) mass is 596 g/mol. The summed E-state index contributed by atoms with van der Waals surface area (Å²) in [6.07, 6.45) is 5.04. The second-order valence-corrected chi connectivity index (χ2v) is 12.3. The van der Waals surface area contributed by atoms with Gasteiger partial charge in [0.25, 0.3) is 0 Å². The Bertz CT molecular complexity index is 1230. The number of amides is 3. The fourth-order valence-electron chi connectivity index (χ4n) is 5.88. The van der Waals surface area contributed by atoms with Crippen LogP contribution in [0.4, 0.5) is 0 Å². The highest BCUT2D eigenvalue weighted by atomic mass is 35.5. The molecule has 1 heterocycles. The first-order chi connectivity index (χ1) is 20.2. The lowest BCUT2D eigenvalue weighted by Gasteiger charge is -2.34.